The number of nitrogens with zero attached hydrogens (tertiary/aromatic N) is 2. The van der Waals surface area contributed by atoms with Gasteiger partial charge in [0.1, 0.15) is 17.1 Å². The molecule has 0 aliphatic heterocycles. The number of aryl methyl sites for hydroxylation is 1. The molecule has 35 heavy (non-hydrogen) atoms. The molecule has 0 bridgehead atoms. The van der Waals surface area contributed by atoms with Gasteiger partial charge in [-0.05, 0) is 41.8 Å². The van der Waals surface area contributed by atoms with E-state index < -0.39 is 17.1 Å². The van der Waals surface area contributed by atoms with Gasteiger partial charge in [0.2, 0.25) is 5.91 Å². The number of hydrogen-bond donors (Lipinski definition) is 1. The molecule has 8 heteroatoms. The van der Waals surface area contributed by atoms with E-state index in [1.165, 1.54) is 40.2 Å². The quantitative estimate of drug-likeness (QED) is 0.375. The van der Waals surface area contributed by atoms with Crippen molar-refractivity contribution in [3.05, 3.63) is 111 Å². The van der Waals surface area contributed by atoms with E-state index in [-0.39, 0.29) is 19.0 Å². The standard InChI is InChI=1S/C27H22FN3O3S/c1-2-18-7-3-5-9-21(18)29-23(32)16-30-24-20-8-4-6-10-22(20)35-25(24)26(33)31(27(30)34)15-17-11-13-19(28)14-12-17/h3-14H,2,15-16H2,1H3,(H,29,32). The van der Waals surface area contributed by atoms with E-state index in [9.17, 15) is 18.8 Å². The Labute approximate surface area is 203 Å². The number of aromatic nitrogens is 2. The molecule has 0 fully saturated rings. The third-order valence-electron chi connectivity index (χ3n) is 5.97. The molecule has 3 aromatic carbocycles. The van der Waals surface area contributed by atoms with Gasteiger partial charge in [0.15, 0.2) is 0 Å². The molecular weight excluding hydrogens is 465 g/mol. The van der Waals surface area contributed by atoms with Crippen molar-refractivity contribution in [3.8, 4) is 0 Å². The number of amides is 1. The first-order chi connectivity index (χ1) is 17.0. The first kappa shape index (κ1) is 22.7. The predicted octanol–water partition coefficient (Wildman–Crippen LogP) is 4.77. The monoisotopic (exact) mass is 487 g/mol. The molecule has 2 heterocycles. The Kier molecular flexibility index (Phi) is 6.05. The van der Waals surface area contributed by atoms with Crippen molar-refractivity contribution < 1.29 is 9.18 Å². The van der Waals surface area contributed by atoms with Crippen LogP contribution in [0.1, 0.15) is 18.1 Å². The maximum absolute atomic E-state index is 13.6. The second-order valence-corrected chi connectivity index (χ2v) is 9.27. The minimum Gasteiger partial charge on any atom is -0.324 e. The van der Waals surface area contributed by atoms with Crippen molar-refractivity contribution in [2.24, 2.45) is 0 Å². The smallest absolute Gasteiger partial charge is 0.324 e. The second kappa shape index (κ2) is 9.31. The molecule has 0 unspecified atom stereocenters. The number of carbonyl (C=O) groups is 1. The Hall–Kier alpha value is -4.04. The fraction of sp³-hybridized carbons (Fsp3) is 0.148. The van der Waals surface area contributed by atoms with Crippen LogP contribution in [0.3, 0.4) is 0 Å². The van der Waals surface area contributed by atoms with Gasteiger partial charge in [-0.1, -0.05) is 55.5 Å². The summed E-state index contributed by atoms with van der Waals surface area (Å²) in [4.78, 5) is 40.1. The number of carbonyl (C=O) groups excluding carboxylic acids is 1. The number of thiophene rings is 1. The Morgan fingerprint density at radius 3 is 2.43 bits per heavy atom. The third kappa shape index (κ3) is 4.28. The van der Waals surface area contributed by atoms with Crippen LogP contribution in [0, 0.1) is 5.82 Å². The average molecular weight is 488 g/mol. The normalized spacial score (nSPS) is 11.3. The van der Waals surface area contributed by atoms with E-state index in [0.29, 0.717) is 21.5 Å². The highest BCUT2D eigenvalue weighted by Gasteiger charge is 2.20. The zero-order chi connectivity index (χ0) is 24.5. The van der Waals surface area contributed by atoms with Crippen molar-refractivity contribution in [2.45, 2.75) is 26.4 Å². The Morgan fingerprint density at radius 2 is 1.66 bits per heavy atom. The summed E-state index contributed by atoms with van der Waals surface area (Å²) in [6, 6.07) is 20.6. The summed E-state index contributed by atoms with van der Waals surface area (Å²) in [5.41, 5.74) is 1.73. The number of anilines is 1. The van der Waals surface area contributed by atoms with Gasteiger partial charge in [0.05, 0.1) is 12.1 Å². The first-order valence-electron chi connectivity index (χ1n) is 11.2. The molecular formula is C27H22FN3O3S. The summed E-state index contributed by atoms with van der Waals surface area (Å²) in [5.74, 6) is -0.765. The summed E-state index contributed by atoms with van der Waals surface area (Å²) in [6.07, 6.45) is 0.748. The largest absolute Gasteiger partial charge is 0.332 e. The maximum atomic E-state index is 13.6. The highest BCUT2D eigenvalue weighted by Crippen LogP contribution is 2.31. The molecule has 176 valence electrons. The fourth-order valence-corrected chi connectivity index (χ4v) is 5.39. The maximum Gasteiger partial charge on any atom is 0.332 e. The molecule has 5 rings (SSSR count). The van der Waals surface area contributed by atoms with Gasteiger partial charge in [-0.3, -0.25) is 18.7 Å². The summed E-state index contributed by atoms with van der Waals surface area (Å²) >= 11 is 1.29. The van der Waals surface area contributed by atoms with Crippen molar-refractivity contribution in [1.29, 1.82) is 0 Å². The van der Waals surface area contributed by atoms with Gasteiger partial charge in [0, 0.05) is 15.8 Å². The van der Waals surface area contributed by atoms with Crippen LogP contribution >= 0.6 is 11.3 Å². The minimum absolute atomic E-state index is 0.0254. The van der Waals surface area contributed by atoms with Crippen molar-refractivity contribution >= 4 is 43.2 Å². The van der Waals surface area contributed by atoms with Crippen LogP contribution in [-0.4, -0.2) is 15.0 Å². The van der Waals surface area contributed by atoms with Crippen molar-refractivity contribution in [1.82, 2.24) is 9.13 Å². The van der Waals surface area contributed by atoms with E-state index in [2.05, 4.69) is 5.32 Å². The van der Waals surface area contributed by atoms with E-state index in [0.717, 1.165) is 26.6 Å². The average Bonchev–Trinajstić information content (AvgIpc) is 3.26. The van der Waals surface area contributed by atoms with Crippen LogP contribution in [0.15, 0.2) is 82.4 Å². The molecule has 0 spiro atoms. The number of fused-ring (bicyclic) bond motifs is 3. The lowest BCUT2D eigenvalue weighted by molar-refractivity contribution is -0.116. The van der Waals surface area contributed by atoms with Crippen LogP contribution in [0.2, 0.25) is 0 Å². The van der Waals surface area contributed by atoms with Crippen LogP contribution in [-0.2, 0) is 24.3 Å². The summed E-state index contributed by atoms with van der Waals surface area (Å²) in [6.45, 7) is 1.72. The van der Waals surface area contributed by atoms with E-state index in [1.807, 2.05) is 55.5 Å². The van der Waals surface area contributed by atoms with Gasteiger partial charge in [0.25, 0.3) is 5.56 Å². The molecule has 0 saturated carbocycles. The van der Waals surface area contributed by atoms with Gasteiger partial charge < -0.3 is 5.32 Å². The Morgan fingerprint density at radius 1 is 0.943 bits per heavy atom. The first-order valence-corrected chi connectivity index (χ1v) is 12.0. The molecule has 0 aliphatic carbocycles. The lowest BCUT2D eigenvalue weighted by atomic mass is 10.1. The Balaban J connectivity index is 1.64. The highest BCUT2D eigenvalue weighted by molar-refractivity contribution is 7.25. The van der Waals surface area contributed by atoms with E-state index in [4.69, 9.17) is 0 Å². The lowest BCUT2D eigenvalue weighted by Gasteiger charge is -2.14. The molecule has 6 nitrogen and oxygen atoms in total. The van der Waals surface area contributed by atoms with Crippen molar-refractivity contribution in [2.75, 3.05) is 5.32 Å². The molecule has 0 saturated heterocycles. The van der Waals surface area contributed by atoms with Crippen LogP contribution in [0.5, 0.6) is 0 Å². The van der Waals surface area contributed by atoms with Crippen LogP contribution in [0.25, 0.3) is 20.3 Å². The molecule has 2 aromatic heterocycles. The van der Waals surface area contributed by atoms with Crippen LogP contribution < -0.4 is 16.6 Å². The van der Waals surface area contributed by atoms with E-state index >= 15 is 0 Å². The van der Waals surface area contributed by atoms with Gasteiger partial charge >= 0.3 is 5.69 Å². The third-order valence-corrected chi connectivity index (χ3v) is 7.12. The zero-order valence-electron chi connectivity index (χ0n) is 19.0. The summed E-state index contributed by atoms with van der Waals surface area (Å²) < 4.78 is 17.1. The minimum atomic E-state index is -0.589. The zero-order valence-corrected chi connectivity index (χ0v) is 19.8. The number of para-hydroxylation sites is 1. The fourth-order valence-electron chi connectivity index (χ4n) is 4.24. The molecule has 5 aromatic rings. The molecule has 0 atom stereocenters. The summed E-state index contributed by atoms with van der Waals surface area (Å²) in [7, 11) is 0. The number of benzene rings is 3. The Bertz CT molecular complexity index is 1680. The number of halogens is 1. The number of nitrogens with one attached hydrogen (secondary N) is 1. The second-order valence-electron chi connectivity index (χ2n) is 8.22. The molecule has 1 amide bonds. The molecule has 0 aliphatic rings. The van der Waals surface area contributed by atoms with Crippen LogP contribution in [0.4, 0.5) is 10.1 Å². The topological polar surface area (TPSA) is 73.1 Å². The van der Waals surface area contributed by atoms with E-state index in [1.54, 1.807) is 0 Å². The predicted molar refractivity (Wildman–Crippen MR) is 138 cm³/mol. The molecule has 0 radical (unpaired) electrons. The summed E-state index contributed by atoms with van der Waals surface area (Å²) in [5, 5.41) is 3.66. The van der Waals surface area contributed by atoms with Gasteiger partial charge in [-0.15, -0.1) is 11.3 Å². The van der Waals surface area contributed by atoms with Gasteiger partial charge in [-0.25, -0.2) is 9.18 Å². The number of hydrogen-bond acceptors (Lipinski definition) is 4. The van der Waals surface area contributed by atoms with Gasteiger partial charge in [-0.2, -0.15) is 0 Å². The molecule has 1 N–H and O–H groups in total. The number of rotatable bonds is 6. The highest BCUT2D eigenvalue weighted by atomic mass is 32.1. The lowest BCUT2D eigenvalue weighted by Crippen LogP contribution is -2.41. The van der Waals surface area contributed by atoms with Crippen molar-refractivity contribution in [3.63, 3.8) is 0 Å². The SMILES string of the molecule is CCc1ccccc1NC(=O)Cn1c(=O)n(Cc2ccc(F)cc2)c(=O)c2sc3ccccc3c21.